The summed E-state index contributed by atoms with van der Waals surface area (Å²) < 4.78 is 5.62. The lowest BCUT2D eigenvalue weighted by Gasteiger charge is -2.03. The van der Waals surface area contributed by atoms with Gasteiger partial charge in [0.05, 0.1) is 17.8 Å². The molecule has 2 aromatic heterocycles. The van der Waals surface area contributed by atoms with E-state index in [1.807, 2.05) is 30.5 Å². The van der Waals surface area contributed by atoms with E-state index in [0.717, 1.165) is 28.3 Å². The summed E-state index contributed by atoms with van der Waals surface area (Å²) in [6.45, 7) is 4.39. The highest BCUT2D eigenvalue weighted by molar-refractivity contribution is 7.09. The monoisotopic (exact) mass is 300 g/mol. The Morgan fingerprint density at radius 1 is 1.43 bits per heavy atom. The van der Waals surface area contributed by atoms with Crippen molar-refractivity contribution in [3.8, 4) is 0 Å². The van der Waals surface area contributed by atoms with Crippen LogP contribution in [0.4, 0.5) is 0 Å². The van der Waals surface area contributed by atoms with E-state index in [1.165, 1.54) is 0 Å². The third-order valence-corrected chi connectivity index (χ3v) is 4.17. The number of hydrogen-bond acceptors (Lipinski definition) is 4. The maximum Gasteiger partial charge on any atom is 0.255 e. The van der Waals surface area contributed by atoms with Crippen molar-refractivity contribution in [2.75, 3.05) is 0 Å². The number of rotatable bonds is 4. The molecule has 4 nitrogen and oxygen atoms in total. The maximum absolute atomic E-state index is 12.3. The van der Waals surface area contributed by atoms with Gasteiger partial charge >= 0.3 is 0 Å². The average molecular weight is 300 g/mol. The molecule has 3 rings (SSSR count). The van der Waals surface area contributed by atoms with Gasteiger partial charge in [0, 0.05) is 10.8 Å². The van der Waals surface area contributed by atoms with Crippen molar-refractivity contribution in [1.29, 1.82) is 0 Å². The first-order chi connectivity index (χ1) is 10.2. The minimum absolute atomic E-state index is 0.136. The van der Waals surface area contributed by atoms with Crippen molar-refractivity contribution >= 4 is 28.2 Å². The van der Waals surface area contributed by atoms with Gasteiger partial charge in [0.25, 0.3) is 5.91 Å². The van der Waals surface area contributed by atoms with E-state index in [-0.39, 0.29) is 5.91 Å². The molecule has 0 saturated heterocycles. The van der Waals surface area contributed by atoms with Crippen molar-refractivity contribution in [3.63, 3.8) is 0 Å². The lowest BCUT2D eigenvalue weighted by atomic mass is 10.1. The van der Waals surface area contributed by atoms with Crippen molar-refractivity contribution in [2.24, 2.45) is 0 Å². The molecule has 108 valence electrons. The van der Waals surface area contributed by atoms with Gasteiger partial charge in [0.1, 0.15) is 16.4 Å². The molecule has 3 aromatic rings. The third-order valence-electron chi connectivity index (χ3n) is 3.27. The van der Waals surface area contributed by atoms with Crippen LogP contribution in [0.25, 0.3) is 11.0 Å². The fourth-order valence-electron chi connectivity index (χ4n) is 2.21. The average Bonchev–Trinajstić information content (AvgIpc) is 3.09. The van der Waals surface area contributed by atoms with E-state index in [4.69, 9.17) is 4.42 Å². The van der Waals surface area contributed by atoms with Gasteiger partial charge in [-0.15, -0.1) is 11.3 Å². The fourth-order valence-corrected chi connectivity index (χ4v) is 3.03. The molecule has 0 spiro atoms. The number of amides is 1. The summed E-state index contributed by atoms with van der Waals surface area (Å²) in [5.74, 6) is 0.668. The van der Waals surface area contributed by atoms with Crippen LogP contribution in [-0.2, 0) is 13.0 Å². The topological polar surface area (TPSA) is 55.1 Å². The standard InChI is InChI=1S/C16H16N2O2S/c1-3-12-9-21-14(18-12)8-17-16(19)13-6-4-5-11-7-10(2)20-15(11)13/h4-7,9H,3,8H2,1-2H3,(H,17,19). The Morgan fingerprint density at radius 3 is 3.05 bits per heavy atom. The third kappa shape index (κ3) is 2.83. The maximum atomic E-state index is 12.3. The molecule has 0 aliphatic heterocycles. The van der Waals surface area contributed by atoms with Gasteiger partial charge in [-0.3, -0.25) is 4.79 Å². The Balaban J connectivity index is 1.77. The van der Waals surface area contributed by atoms with Gasteiger partial charge < -0.3 is 9.73 Å². The first-order valence-electron chi connectivity index (χ1n) is 6.88. The summed E-state index contributed by atoms with van der Waals surface area (Å²) in [5, 5.41) is 6.80. The molecule has 1 amide bonds. The molecule has 0 aliphatic carbocycles. The molecular weight excluding hydrogens is 284 g/mol. The fraction of sp³-hybridized carbons (Fsp3) is 0.250. The summed E-state index contributed by atoms with van der Waals surface area (Å²) in [4.78, 5) is 16.8. The number of para-hydroxylation sites is 1. The number of fused-ring (bicyclic) bond motifs is 1. The van der Waals surface area contributed by atoms with E-state index in [1.54, 1.807) is 17.4 Å². The Bertz CT molecular complexity index is 789. The van der Waals surface area contributed by atoms with Gasteiger partial charge in [0.2, 0.25) is 0 Å². The second kappa shape index (κ2) is 5.69. The summed E-state index contributed by atoms with van der Waals surface area (Å²) in [6.07, 6.45) is 0.912. The smallest absolute Gasteiger partial charge is 0.255 e. The first-order valence-corrected chi connectivity index (χ1v) is 7.76. The molecule has 0 bridgehead atoms. The van der Waals surface area contributed by atoms with Crippen LogP contribution in [0.15, 0.2) is 34.1 Å². The SMILES string of the molecule is CCc1csc(CNC(=O)c2cccc3cc(C)oc23)n1. The van der Waals surface area contributed by atoms with E-state index in [9.17, 15) is 4.79 Å². The van der Waals surface area contributed by atoms with E-state index < -0.39 is 0 Å². The van der Waals surface area contributed by atoms with Crippen molar-refractivity contribution in [2.45, 2.75) is 26.8 Å². The van der Waals surface area contributed by atoms with Gasteiger partial charge in [-0.05, 0) is 25.5 Å². The summed E-state index contributed by atoms with van der Waals surface area (Å²) >= 11 is 1.57. The molecule has 0 fully saturated rings. The highest BCUT2D eigenvalue weighted by atomic mass is 32.1. The first kappa shape index (κ1) is 13.8. The number of nitrogens with one attached hydrogen (secondary N) is 1. The van der Waals surface area contributed by atoms with Gasteiger partial charge in [0.15, 0.2) is 0 Å². The zero-order valence-electron chi connectivity index (χ0n) is 12.0. The van der Waals surface area contributed by atoms with E-state index >= 15 is 0 Å². The van der Waals surface area contributed by atoms with E-state index in [2.05, 4.69) is 17.2 Å². The quantitative estimate of drug-likeness (QED) is 0.799. The van der Waals surface area contributed by atoms with Crippen molar-refractivity contribution in [3.05, 3.63) is 51.7 Å². The molecule has 0 atom stereocenters. The summed E-state index contributed by atoms with van der Waals surface area (Å²) in [6, 6.07) is 7.52. The molecule has 21 heavy (non-hydrogen) atoms. The largest absolute Gasteiger partial charge is 0.461 e. The number of thiazole rings is 1. The molecule has 5 heteroatoms. The number of carbonyl (C=O) groups excluding carboxylic acids is 1. The van der Waals surface area contributed by atoms with Crippen molar-refractivity contribution in [1.82, 2.24) is 10.3 Å². The minimum Gasteiger partial charge on any atom is -0.461 e. The van der Waals surface area contributed by atoms with Crippen molar-refractivity contribution < 1.29 is 9.21 Å². The van der Waals surface area contributed by atoms with Crippen LogP contribution in [-0.4, -0.2) is 10.9 Å². The number of carbonyl (C=O) groups is 1. The van der Waals surface area contributed by atoms with Crippen LogP contribution in [0.1, 0.15) is 33.7 Å². The lowest BCUT2D eigenvalue weighted by molar-refractivity contribution is 0.0951. The molecule has 2 heterocycles. The summed E-state index contributed by atoms with van der Waals surface area (Å²) in [5.41, 5.74) is 2.27. The zero-order chi connectivity index (χ0) is 14.8. The highest BCUT2D eigenvalue weighted by Crippen LogP contribution is 2.22. The van der Waals surface area contributed by atoms with Crippen LogP contribution in [0.2, 0.25) is 0 Å². The van der Waals surface area contributed by atoms with Gasteiger partial charge in [-0.1, -0.05) is 19.1 Å². The lowest BCUT2D eigenvalue weighted by Crippen LogP contribution is -2.22. The highest BCUT2D eigenvalue weighted by Gasteiger charge is 2.13. The molecule has 1 N–H and O–H groups in total. The Morgan fingerprint density at radius 2 is 2.29 bits per heavy atom. The molecule has 0 radical (unpaired) electrons. The zero-order valence-corrected chi connectivity index (χ0v) is 12.8. The molecule has 0 unspecified atom stereocenters. The number of benzene rings is 1. The van der Waals surface area contributed by atoms with Crippen LogP contribution in [0, 0.1) is 6.92 Å². The molecular formula is C16H16N2O2S. The number of hydrogen-bond donors (Lipinski definition) is 1. The second-order valence-electron chi connectivity index (χ2n) is 4.85. The molecule has 0 saturated carbocycles. The Labute approximate surface area is 126 Å². The molecule has 0 aliphatic rings. The van der Waals surface area contributed by atoms with E-state index in [0.29, 0.717) is 17.7 Å². The van der Waals surface area contributed by atoms with Crippen LogP contribution in [0.3, 0.4) is 0 Å². The van der Waals surface area contributed by atoms with Gasteiger partial charge in [-0.2, -0.15) is 0 Å². The Kier molecular flexibility index (Phi) is 3.75. The van der Waals surface area contributed by atoms with Crippen LogP contribution >= 0.6 is 11.3 Å². The molecule has 1 aromatic carbocycles. The second-order valence-corrected chi connectivity index (χ2v) is 5.79. The number of aryl methyl sites for hydroxylation is 2. The number of nitrogens with zero attached hydrogens (tertiary/aromatic N) is 1. The Hall–Kier alpha value is -2.14. The predicted molar refractivity (Wildman–Crippen MR) is 83.6 cm³/mol. The predicted octanol–water partition coefficient (Wildman–Crippen LogP) is 3.69. The minimum atomic E-state index is -0.136. The number of aromatic nitrogens is 1. The normalized spacial score (nSPS) is 11.0. The number of furan rings is 1. The van der Waals surface area contributed by atoms with Crippen LogP contribution in [0.5, 0.6) is 0 Å². The van der Waals surface area contributed by atoms with Crippen LogP contribution < -0.4 is 5.32 Å². The van der Waals surface area contributed by atoms with Gasteiger partial charge in [-0.25, -0.2) is 4.98 Å². The summed E-state index contributed by atoms with van der Waals surface area (Å²) in [7, 11) is 0.